The Kier molecular flexibility index (Phi) is 2.84. The van der Waals surface area contributed by atoms with Crippen molar-refractivity contribution in [3.05, 3.63) is 23.9 Å². The summed E-state index contributed by atoms with van der Waals surface area (Å²) in [6.45, 7) is 2.85. The van der Waals surface area contributed by atoms with Gasteiger partial charge in [0.05, 0.1) is 5.56 Å². The molecule has 1 aromatic rings. The molecule has 0 aliphatic heterocycles. The SMILES string of the molecule is CCN(C)c1ccc(C(=O)O)cn1. The highest BCUT2D eigenvalue weighted by molar-refractivity contribution is 5.87. The summed E-state index contributed by atoms with van der Waals surface area (Å²) in [5, 5.41) is 8.62. The summed E-state index contributed by atoms with van der Waals surface area (Å²) in [7, 11) is 1.91. The number of aromatic nitrogens is 1. The average Bonchev–Trinajstić information content (AvgIpc) is 2.17. The molecule has 0 radical (unpaired) electrons. The highest BCUT2D eigenvalue weighted by atomic mass is 16.4. The number of carbonyl (C=O) groups is 1. The van der Waals surface area contributed by atoms with Crippen LogP contribution in [0.3, 0.4) is 0 Å². The predicted molar refractivity (Wildman–Crippen MR) is 50.1 cm³/mol. The van der Waals surface area contributed by atoms with Gasteiger partial charge in [0.25, 0.3) is 0 Å². The molecular weight excluding hydrogens is 168 g/mol. The Morgan fingerprint density at radius 1 is 1.62 bits per heavy atom. The minimum absolute atomic E-state index is 0.216. The Morgan fingerprint density at radius 2 is 2.31 bits per heavy atom. The van der Waals surface area contributed by atoms with E-state index in [0.717, 1.165) is 12.4 Å². The van der Waals surface area contributed by atoms with E-state index in [1.54, 1.807) is 12.1 Å². The van der Waals surface area contributed by atoms with Crippen LogP contribution in [-0.4, -0.2) is 29.7 Å². The second kappa shape index (κ2) is 3.89. The lowest BCUT2D eigenvalue weighted by Gasteiger charge is -2.14. The molecule has 0 unspecified atom stereocenters. The first-order valence-corrected chi connectivity index (χ1v) is 4.05. The van der Waals surface area contributed by atoms with Crippen molar-refractivity contribution in [3.8, 4) is 0 Å². The summed E-state index contributed by atoms with van der Waals surface area (Å²) < 4.78 is 0. The molecule has 0 spiro atoms. The number of hydrogen-bond donors (Lipinski definition) is 1. The van der Waals surface area contributed by atoms with Gasteiger partial charge in [-0.3, -0.25) is 0 Å². The Morgan fingerprint density at radius 3 is 2.69 bits per heavy atom. The van der Waals surface area contributed by atoms with Crippen LogP contribution in [0.4, 0.5) is 5.82 Å². The van der Waals surface area contributed by atoms with Crippen LogP contribution in [0, 0.1) is 0 Å². The number of anilines is 1. The van der Waals surface area contributed by atoms with E-state index in [4.69, 9.17) is 5.11 Å². The van der Waals surface area contributed by atoms with Crippen molar-refractivity contribution in [1.29, 1.82) is 0 Å². The molecule has 0 aromatic carbocycles. The van der Waals surface area contributed by atoms with Gasteiger partial charge in [0, 0.05) is 19.8 Å². The summed E-state index contributed by atoms with van der Waals surface area (Å²) in [5.41, 5.74) is 0.216. The van der Waals surface area contributed by atoms with E-state index in [1.165, 1.54) is 6.20 Å². The summed E-state index contributed by atoms with van der Waals surface area (Å²) >= 11 is 0. The van der Waals surface area contributed by atoms with Crippen molar-refractivity contribution in [1.82, 2.24) is 4.98 Å². The third kappa shape index (κ3) is 2.18. The van der Waals surface area contributed by atoms with E-state index < -0.39 is 5.97 Å². The zero-order valence-corrected chi connectivity index (χ0v) is 7.69. The van der Waals surface area contributed by atoms with Gasteiger partial charge in [-0.25, -0.2) is 9.78 Å². The van der Waals surface area contributed by atoms with Crippen LogP contribution in [0.15, 0.2) is 18.3 Å². The summed E-state index contributed by atoms with van der Waals surface area (Å²) in [6.07, 6.45) is 1.36. The zero-order chi connectivity index (χ0) is 9.84. The van der Waals surface area contributed by atoms with Gasteiger partial charge in [0.15, 0.2) is 0 Å². The molecule has 13 heavy (non-hydrogen) atoms. The smallest absolute Gasteiger partial charge is 0.337 e. The quantitative estimate of drug-likeness (QED) is 0.760. The van der Waals surface area contributed by atoms with Gasteiger partial charge in [-0.15, -0.1) is 0 Å². The maximum absolute atomic E-state index is 10.5. The van der Waals surface area contributed by atoms with Gasteiger partial charge < -0.3 is 10.0 Å². The first kappa shape index (κ1) is 9.51. The van der Waals surface area contributed by atoms with E-state index in [0.29, 0.717) is 0 Å². The molecule has 0 aliphatic rings. The highest BCUT2D eigenvalue weighted by Gasteiger charge is 2.04. The molecule has 0 saturated carbocycles. The van der Waals surface area contributed by atoms with E-state index in [-0.39, 0.29) is 5.56 Å². The molecule has 0 bridgehead atoms. The van der Waals surface area contributed by atoms with Gasteiger partial charge >= 0.3 is 5.97 Å². The van der Waals surface area contributed by atoms with Gasteiger partial charge in [-0.05, 0) is 19.1 Å². The maximum Gasteiger partial charge on any atom is 0.337 e. The molecule has 4 nitrogen and oxygen atoms in total. The maximum atomic E-state index is 10.5. The van der Waals surface area contributed by atoms with Crippen LogP contribution in [0.2, 0.25) is 0 Å². The molecule has 1 N–H and O–H groups in total. The lowest BCUT2D eigenvalue weighted by Crippen LogP contribution is -2.17. The minimum Gasteiger partial charge on any atom is -0.478 e. The standard InChI is InChI=1S/C9H12N2O2/c1-3-11(2)8-5-4-7(6-10-8)9(12)13/h4-6H,3H2,1-2H3,(H,12,13). The van der Waals surface area contributed by atoms with Crippen LogP contribution in [0.25, 0.3) is 0 Å². The molecule has 1 rings (SSSR count). The van der Waals surface area contributed by atoms with Crippen molar-refractivity contribution < 1.29 is 9.90 Å². The first-order chi connectivity index (χ1) is 6.15. The van der Waals surface area contributed by atoms with Crippen molar-refractivity contribution in [2.24, 2.45) is 0 Å². The van der Waals surface area contributed by atoms with Crippen LogP contribution in [0.5, 0.6) is 0 Å². The normalized spacial score (nSPS) is 9.69. The number of pyridine rings is 1. The Bertz CT molecular complexity index is 295. The fraction of sp³-hybridized carbons (Fsp3) is 0.333. The van der Waals surface area contributed by atoms with Gasteiger partial charge in [0.2, 0.25) is 0 Å². The molecular formula is C9H12N2O2. The molecule has 0 saturated heterocycles. The fourth-order valence-corrected chi connectivity index (χ4v) is 0.900. The lowest BCUT2D eigenvalue weighted by molar-refractivity contribution is 0.0696. The largest absolute Gasteiger partial charge is 0.478 e. The second-order valence-electron chi connectivity index (χ2n) is 2.72. The molecule has 0 aliphatic carbocycles. The van der Waals surface area contributed by atoms with Gasteiger partial charge in [-0.1, -0.05) is 0 Å². The molecule has 4 heteroatoms. The predicted octanol–water partition coefficient (Wildman–Crippen LogP) is 1.24. The van der Waals surface area contributed by atoms with Crippen molar-refractivity contribution in [2.75, 3.05) is 18.5 Å². The molecule has 1 aromatic heterocycles. The summed E-state index contributed by atoms with van der Waals surface area (Å²) in [4.78, 5) is 16.4. The minimum atomic E-state index is -0.946. The molecule has 0 fully saturated rings. The van der Waals surface area contributed by atoms with Crippen molar-refractivity contribution in [3.63, 3.8) is 0 Å². The third-order valence-corrected chi connectivity index (χ3v) is 1.86. The van der Waals surface area contributed by atoms with Gasteiger partial charge in [-0.2, -0.15) is 0 Å². The van der Waals surface area contributed by atoms with Crippen molar-refractivity contribution >= 4 is 11.8 Å². The summed E-state index contributed by atoms with van der Waals surface area (Å²) in [6, 6.07) is 3.25. The number of aromatic carboxylic acids is 1. The third-order valence-electron chi connectivity index (χ3n) is 1.86. The molecule has 0 amide bonds. The Balaban J connectivity index is 2.87. The fourth-order valence-electron chi connectivity index (χ4n) is 0.900. The Hall–Kier alpha value is -1.58. The number of hydrogen-bond acceptors (Lipinski definition) is 3. The first-order valence-electron chi connectivity index (χ1n) is 4.05. The second-order valence-corrected chi connectivity index (χ2v) is 2.72. The Labute approximate surface area is 76.8 Å². The number of carboxylic acid groups (broad SMARTS) is 1. The van der Waals surface area contributed by atoms with E-state index in [9.17, 15) is 4.79 Å². The topological polar surface area (TPSA) is 53.4 Å². The van der Waals surface area contributed by atoms with Crippen LogP contribution in [-0.2, 0) is 0 Å². The number of rotatable bonds is 3. The average molecular weight is 180 g/mol. The van der Waals surface area contributed by atoms with E-state index in [2.05, 4.69) is 4.98 Å². The van der Waals surface area contributed by atoms with Crippen LogP contribution in [0.1, 0.15) is 17.3 Å². The zero-order valence-electron chi connectivity index (χ0n) is 7.69. The molecule has 1 heterocycles. The molecule has 0 atom stereocenters. The van der Waals surface area contributed by atoms with E-state index in [1.807, 2.05) is 18.9 Å². The van der Waals surface area contributed by atoms with Crippen molar-refractivity contribution in [2.45, 2.75) is 6.92 Å². The number of carboxylic acids is 1. The van der Waals surface area contributed by atoms with Crippen LogP contribution < -0.4 is 4.90 Å². The number of nitrogens with zero attached hydrogens (tertiary/aromatic N) is 2. The highest BCUT2D eigenvalue weighted by Crippen LogP contribution is 2.08. The summed E-state index contributed by atoms with van der Waals surface area (Å²) in [5.74, 6) is -0.161. The lowest BCUT2D eigenvalue weighted by atomic mass is 10.3. The van der Waals surface area contributed by atoms with E-state index >= 15 is 0 Å². The van der Waals surface area contributed by atoms with Crippen LogP contribution >= 0.6 is 0 Å². The van der Waals surface area contributed by atoms with Gasteiger partial charge in [0.1, 0.15) is 5.82 Å². The monoisotopic (exact) mass is 180 g/mol. The molecule has 70 valence electrons.